The number of hydrogen-bond donors (Lipinski definition) is 4. The summed E-state index contributed by atoms with van der Waals surface area (Å²) in [6, 6.07) is 7.61. The Balaban J connectivity index is 1.99. The molecule has 4 N–H and O–H groups in total. The van der Waals surface area contributed by atoms with E-state index in [4.69, 9.17) is 0 Å². The second-order valence-electron chi connectivity index (χ2n) is 3.95. The van der Waals surface area contributed by atoms with E-state index in [0.717, 1.165) is 10.0 Å². The molecule has 0 saturated carbocycles. The summed E-state index contributed by atoms with van der Waals surface area (Å²) >= 11 is 3.48. The van der Waals surface area contributed by atoms with Gasteiger partial charge in [-0.3, -0.25) is 4.79 Å². The Hall–Kier alpha value is -0.950. The number of rotatable bonds is 3. The number of hydrazine groups is 2. The highest BCUT2D eigenvalue weighted by atomic mass is 79.9. The van der Waals surface area contributed by atoms with Gasteiger partial charge in [0, 0.05) is 11.0 Å². The van der Waals surface area contributed by atoms with E-state index in [1.165, 1.54) is 0 Å². The Morgan fingerprint density at radius 3 is 2.94 bits per heavy atom. The molecule has 0 radical (unpaired) electrons. The quantitative estimate of drug-likeness (QED) is 0.660. The van der Waals surface area contributed by atoms with Gasteiger partial charge in [0.1, 0.15) is 6.04 Å². The molecule has 1 saturated heterocycles. The zero-order chi connectivity index (χ0) is 12.3. The highest BCUT2D eigenvalue weighted by Gasteiger charge is 2.23. The molecule has 0 spiro atoms. The van der Waals surface area contributed by atoms with Crippen molar-refractivity contribution in [1.82, 2.24) is 21.7 Å². The predicted octanol–water partition coefficient (Wildman–Crippen LogP) is 0.607. The van der Waals surface area contributed by atoms with Crippen molar-refractivity contribution in [3.05, 3.63) is 34.3 Å². The summed E-state index contributed by atoms with van der Waals surface area (Å²) in [6.45, 7) is 2.54. The van der Waals surface area contributed by atoms with Gasteiger partial charge in [-0.05, 0) is 18.6 Å². The maximum Gasteiger partial charge on any atom is 0.240 e. The first-order valence-corrected chi connectivity index (χ1v) is 6.26. The standard InChI is InChI=1S/C11H15BrN4O/c1-7(8-4-2-3-5-9(8)12)14-11(17)10-6-13-16-15-10/h2-5,7,10,13,15-16H,6H2,1H3,(H,14,17). The van der Waals surface area contributed by atoms with Crippen molar-refractivity contribution < 1.29 is 4.79 Å². The van der Waals surface area contributed by atoms with E-state index in [-0.39, 0.29) is 18.0 Å². The Morgan fingerprint density at radius 2 is 2.29 bits per heavy atom. The maximum atomic E-state index is 11.9. The van der Waals surface area contributed by atoms with Crippen LogP contribution in [0.2, 0.25) is 0 Å². The molecule has 0 bridgehead atoms. The van der Waals surface area contributed by atoms with Crippen molar-refractivity contribution >= 4 is 21.8 Å². The molecule has 0 aliphatic carbocycles. The van der Waals surface area contributed by atoms with Crippen molar-refractivity contribution in [2.75, 3.05) is 6.54 Å². The summed E-state index contributed by atoms with van der Waals surface area (Å²) in [4.78, 5) is 11.9. The van der Waals surface area contributed by atoms with Crippen LogP contribution in [0, 0.1) is 0 Å². The first-order chi connectivity index (χ1) is 8.18. The van der Waals surface area contributed by atoms with Crippen LogP contribution in [0.15, 0.2) is 28.7 Å². The van der Waals surface area contributed by atoms with Crippen LogP contribution in [0.5, 0.6) is 0 Å². The average molecular weight is 299 g/mol. The second kappa shape index (κ2) is 5.59. The first kappa shape index (κ1) is 12.5. The van der Waals surface area contributed by atoms with Gasteiger partial charge in [-0.15, -0.1) is 0 Å². The van der Waals surface area contributed by atoms with Gasteiger partial charge < -0.3 is 5.32 Å². The van der Waals surface area contributed by atoms with Crippen LogP contribution in [-0.2, 0) is 4.79 Å². The summed E-state index contributed by atoms with van der Waals surface area (Å²) < 4.78 is 1.00. The molecule has 1 aliphatic rings. The molecule has 1 aliphatic heterocycles. The van der Waals surface area contributed by atoms with Crippen molar-refractivity contribution in [3.63, 3.8) is 0 Å². The number of nitrogens with one attached hydrogen (secondary N) is 4. The third-order valence-electron chi connectivity index (χ3n) is 2.69. The predicted molar refractivity (Wildman–Crippen MR) is 68.8 cm³/mol. The van der Waals surface area contributed by atoms with Gasteiger partial charge in [0.25, 0.3) is 0 Å². The van der Waals surface area contributed by atoms with E-state index in [1.807, 2.05) is 31.2 Å². The maximum absolute atomic E-state index is 11.9. The smallest absolute Gasteiger partial charge is 0.240 e. The fourth-order valence-electron chi connectivity index (χ4n) is 1.72. The zero-order valence-electron chi connectivity index (χ0n) is 9.46. The minimum atomic E-state index is -0.236. The summed E-state index contributed by atoms with van der Waals surface area (Å²) in [5.74, 6) is -0.0225. The lowest BCUT2D eigenvalue weighted by molar-refractivity contribution is -0.123. The highest BCUT2D eigenvalue weighted by molar-refractivity contribution is 9.10. The van der Waals surface area contributed by atoms with Gasteiger partial charge in [-0.2, -0.15) is 5.53 Å². The van der Waals surface area contributed by atoms with Crippen LogP contribution < -0.4 is 21.7 Å². The molecular formula is C11H15BrN4O. The summed E-state index contributed by atoms with van der Waals surface area (Å²) in [5.41, 5.74) is 9.47. The molecule has 2 rings (SSSR count). The second-order valence-corrected chi connectivity index (χ2v) is 4.81. The molecule has 1 fully saturated rings. The van der Waals surface area contributed by atoms with E-state index in [1.54, 1.807) is 0 Å². The topological polar surface area (TPSA) is 65.2 Å². The van der Waals surface area contributed by atoms with Crippen LogP contribution >= 0.6 is 15.9 Å². The van der Waals surface area contributed by atoms with Crippen LogP contribution in [0.1, 0.15) is 18.5 Å². The summed E-state index contributed by atoms with van der Waals surface area (Å²) in [6.07, 6.45) is 0. The molecule has 17 heavy (non-hydrogen) atoms. The van der Waals surface area contributed by atoms with Gasteiger partial charge in [-0.25, -0.2) is 10.9 Å². The molecule has 1 aromatic carbocycles. The van der Waals surface area contributed by atoms with Crippen LogP contribution in [-0.4, -0.2) is 18.5 Å². The Labute approximate surface area is 108 Å². The Bertz CT molecular complexity index is 406. The fraction of sp³-hybridized carbons (Fsp3) is 0.364. The molecule has 6 heteroatoms. The van der Waals surface area contributed by atoms with Crippen LogP contribution in [0.3, 0.4) is 0 Å². The molecule has 1 heterocycles. The van der Waals surface area contributed by atoms with Gasteiger partial charge >= 0.3 is 0 Å². The molecule has 1 aromatic rings. The molecule has 2 unspecified atom stereocenters. The number of amides is 1. The van der Waals surface area contributed by atoms with Crippen molar-refractivity contribution in [2.45, 2.75) is 19.0 Å². The van der Waals surface area contributed by atoms with E-state index in [0.29, 0.717) is 6.54 Å². The third kappa shape index (κ3) is 3.04. The summed E-state index contributed by atoms with van der Waals surface area (Å²) in [5, 5.41) is 2.97. The number of benzene rings is 1. The SMILES string of the molecule is CC(NC(=O)C1CNNN1)c1ccccc1Br. The lowest BCUT2D eigenvalue weighted by Crippen LogP contribution is -2.45. The average Bonchev–Trinajstić information content (AvgIpc) is 2.82. The largest absolute Gasteiger partial charge is 0.348 e. The van der Waals surface area contributed by atoms with Crippen molar-refractivity contribution in [2.24, 2.45) is 0 Å². The number of halogens is 1. The van der Waals surface area contributed by atoms with Gasteiger partial charge in [-0.1, -0.05) is 34.1 Å². The zero-order valence-corrected chi connectivity index (χ0v) is 11.0. The van der Waals surface area contributed by atoms with E-state index < -0.39 is 0 Å². The molecule has 5 nitrogen and oxygen atoms in total. The minimum Gasteiger partial charge on any atom is -0.348 e. The fourth-order valence-corrected chi connectivity index (χ4v) is 2.35. The lowest BCUT2D eigenvalue weighted by atomic mass is 10.1. The Morgan fingerprint density at radius 1 is 1.53 bits per heavy atom. The molecule has 2 atom stereocenters. The van der Waals surface area contributed by atoms with Gasteiger partial charge in [0.15, 0.2) is 0 Å². The number of carbonyl (C=O) groups is 1. The Kier molecular flexibility index (Phi) is 4.11. The van der Waals surface area contributed by atoms with Crippen LogP contribution in [0.4, 0.5) is 0 Å². The molecule has 92 valence electrons. The lowest BCUT2D eigenvalue weighted by Gasteiger charge is -2.18. The minimum absolute atomic E-state index is 0.0225. The molecule has 1 amide bonds. The number of hydrogen-bond acceptors (Lipinski definition) is 4. The summed E-state index contributed by atoms with van der Waals surface area (Å²) in [7, 11) is 0. The van der Waals surface area contributed by atoms with Crippen molar-refractivity contribution in [3.8, 4) is 0 Å². The highest BCUT2D eigenvalue weighted by Crippen LogP contribution is 2.22. The first-order valence-electron chi connectivity index (χ1n) is 5.46. The monoisotopic (exact) mass is 298 g/mol. The molecular weight excluding hydrogens is 284 g/mol. The van der Waals surface area contributed by atoms with Gasteiger partial charge in [0.05, 0.1) is 6.04 Å². The van der Waals surface area contributed by atoms with Gasteiger partial charge in [0.2, 0.25) is 5.91 Å². The molecule has 0 aromatic heterocycles. The van der Waals surface area contributed by atoms with Crippen LogP contribution in [0.25, 0.3) is 0 Å². The number of carbonyl (C=O) groups excluding carboxylic acids is 1. The van der Waals surface area contributed by atoms with E-state index in [2.05, 4.69) is 37.6 Å². The van der Waals surface area contributed by atoms with E-state index >= 15 is 0 Å². The normalized spacial score (nSPS) is 21.2. The van der Waals surface area contributed by atoms with E-state index in [9.17, 15) is 4.79 Å². The van der Waals surface area contributed by atoms with Crippen molar-refractivity contribution in [1.29, 1.82) is 0 Å². The third-order valence-corrected chi connectivity index (χ3v) is 3.41.